The number of aryl methyl sites for hydroxylation is 2. The number of benzene rings is 2. The maximum absolute atomic E-state index is 13.5. The lowest BCUT2D eigenvalue weighted by Gasteiger charge is -2.16. The summed E-state index contributed by atoms with van der Waals surface area (Å²) in [5.74, 6) is 1.15. The van der Waals surface area contributed by atoms with Crippen molar-refractivity contribution < 1.29 is 4.52 Å². The van der Waals surface area contributed by atoms with Gasteiger partial charge in [0, 0.05) is 0 Å². The van der Waals surface area contributed by atoms with Crippen LogP contribution in [0.1, 0.15) is 29.2 Å². The van der Waals surface area contributed by atoms with Crippen molar-refractivity contribution in [1.82, 2.24) is 34.9 Å². The predicted octanol–water partition coefficient (Wildman–Crippen LogP) is 4.02. The highest BCUT2D eigenvalue weighted by Crippen LogP contribution is 2.35. The van der Waals surface area contributed by atoms with E-state index in [1.807, 2.05) is 51.1 Å². The highest BCUT2D eigenvalue weighted by atomic mass is 32.2. The van der Waals surface area contributed by atoms with E-state index in [4.69, 9.17) is 9.51 Å². The molecule has 0 amide bonds. The molecule has 0 radical (unpaired) electrons. The summed E-state index contributed by atoms with van der Waals surface area (Å²) in [6, 6.07) is 13.3. The first-order valence-corrected chi connectivity index (χ1v) is 10.8. The Morgan fingerprint density at radius 3 is 2.75 bits per heavy atom. The number of thioether (sulfide) groups is 1. The fourth-order valence-electron chi connectivity index (χ4n) is 3.48. The fraction of sp³-hybridized carbons (Fsp3) is 0.182. The van der Waals surface area contributed by atoms with E-state index in [0.29, 0.717) is 33.6 Å². The molecule has 160 valence electrons. The van der Waals surface area contributed by atoms with Crippen molar-refractivity contribution in [3.8, 4) is 17.3 Å². The molecule has 3 aromatic heterocycles. The minimum atomic E-state index is -0.260. The number of nitrogens with zero attached hydrogens (tertiary/aromatic N) is 6. The monoisotopic (exact) mass is 445 g/mol. The number of aromatic amines is 1. The second-order valence-corrected chi connectivity index (χ2v) is 8.70. The number of nitrogens with one attached hydrogen (secondary N) is 1. The van der Waals surface area contributed by atoms with E-state index < -0.39 is 0 Å². The van der Waals surface area contributed by atoms with Crippen molar-refractivity contribution in [1.29, 1.82) is 0 Å². The van der Waals surface area contributed by atoms with Gasteiger partial charge in [0.15, 0.2) is 11.0 Å². The van der Waals surface area contributed by atoms with Crippen LogP contribution in [0.25, 0.3) is 28.2 Å². The third-order valence-electron chi connectivity index (χ3n) is 5.04. The van der Waals surface area contributed by atoms with Gasteiger partial charge in [-0.3, -0.25) is 14.5 Å². The Morgan fingerprint density at radius 2 is 1.97 bits per heavy atom. The largest absolute Gasteiger partial charge is 0.338 e. The summed E-state index contributed by atoms with van der Waals surface area (Å²) in [5, 5.41) is 11.3. The van der Waals surface area contributed by atoms with Crippen LogP contribution >= 0.6 is 11.8 Å². The van der Waals surface area contributed by atoms with E-state index in [9.17, 15) is 4.79 Å². The van der Waals surface area contributed by atoms with Crippen LogP contribution < -0.4 is 5.56 Å². The van der Waals surface area contributed by atoms with Crippen LogP contribution in [0.3, 0.4) is 0 Å². The molecular weight excluding hydrogens is 426 g/mol. The molecule has 5 rings (SSSR count). The summed E-state index contributed by atoms with van der Waals surface area (Å²) in [4.78, 5) is 26.8. The molecule has 9 nitrogen and oxygen atoms in total. The van der Waals surface area contributed by atoms with Crippen LogP contribution in [-0.4, -0.2) is 34.9 Å². The number of aromatic nitrogens is 7. The zero-order valence-corrected chi connectivity index (χ0v) is 18.4. The molecule has 10 heteroatoms. The molecule has 0 aliphatic carbocycles. The normalized spacial score (nSPS) is 12.3. The third-order valence-corrected chi connectivity index (χ3v) is 6.08. The van der Waals surface area contributed by atoms with Crippen molar-refractivity contribution in [3.63, 3.8) is 0 Å². The molecule has 0 saturated carbocycles. The average Bonchev–Trinajstić information content (AvgIpc) is 3.47. The number of para-hydroxylation sites is 1. The van der Waals surface area contributed by atoms with Crippen molar-refractivity contribution in [3.05, 3.63) is 76.2 Å². The highest BCUT2D eigenvalue weighted by Gasteiger charge is 2.22. The summed E-state index contributed by atoms with van der Waals surface area (Å²) >= 11 is 1.38. The van der Waals surface area contributed by atoms with E-state index in [1.54, 1.807) is 10.6 Å². The van der Waals surface area contributed by atoms with Gasteiger partial charge in [0.05, 0.1) is 21.8 Å². The summed E-state index contributed by atoms with van der Waals surface area (Å²) < 4.78 is 7.10. The molecule has 0 aliphatic heterocycles. The number of hydrogen-bond acceptors (Lipinski definition) is 8. The predicted molar refractivity (Wildman–Crippen MR) is 121 cm³/mol. The minimum Gasteiger partial charge on any atom is -0.338 e. The van der Waals surface area contributed by atoms with Crippen molar-refractivity contribution in [2.75, 3.05) is 0 Å². The van der Waals surface area contributed by atoms with Gasteiger partial charge in [-0.05, 0) is 44.5 Å². The smallest absolute Gasteiger partial charge is 0.266 e. The van der Waals surface area contributed by atoms with Crippen molar-refractivity contribution >= 4 is 22.7 Å². The van der Waals surface area contributed by atoms with Gasteiger partial charge in [0.2, 0.25) is 11.7 Å². The zero-order valence-electron chi connectivity index (χ0n) is 17.6. The van der Waals surface area contributed by atoms with Gasteiger partial charge in [-0.15, -0.1) is 0 Å². The summed E-state index contributed by atoms with van der Waals surface area (Å²) in [6.07, 6.45) is 1.38. The maximum Gasteiger partial charge on any atom is 0.266 e. The second kappa shape index (κ2) is 8.04. The molecule has 1 N–H and O–H groups in total. The van der Waals surface area contributed by atoms with E-state index >= 15 is 0 Å². The standard InChI is InChI=1S/C22H19N7O2S/c1-12-8-9-17(13(2)10-12)29-21(30)15-6-4-5-7-16(15)25-22(29)32-14(3)20-26-19(28-31-20)18-23-11-24-27-18/h4-11,14H,1-3H3,(H,23,24,27)/t14-/m1/s1. The topological polar surface area (TPSA) is 115 Å². The first kappa shape index (κ1) is 20.1. The number of fused-ring (bicyclic) bond motifs is 1. The lowest BCUT2D eigenvalue weighted by atomic mass is 10.1. The van der Waals surface area contributed by atoms with E-state index in [-0.39, 0.29) is 10.8 Å². The molecule has 0 spiro atoms. The Labute approximate surface area is 186 Å². The molecule has 0 unspecified atom stereocenters. The Morgan fingerprint density at radius 1 is 1.12 bits per heavy atom. The highest BCUT2D eigenvalue weighted by molar-refractivity contribution is 7.99. The van der Waals surface area contributed by atoms with Crippen LogP contribution in [0.15, 0.2) is 63.3 Å². The molecule has 0 bridgehead atoms. The van der Waals surface area contributed by atoms with E-state index in [2.05, 4.69) is 31.4 Å². The molecule has 3 heterocycles. The third kappa shape index (κ3) is 3.58. The van der Waals surface area contributed by atoms with E-state index in [1.165, 1.54) is 18.1 Å². The van der Waals surface area contributed by atoms with Crippen LogP contribution in [-0.2, 0) is 0 Å². The van der Waals surface area contributed by atoms with Gasteiger partial charge in [0.1, 0.15) is 6.33 Å². The Bertz CT molecular complexity index is 1470. The Balaban J connectivity index is 1.60. The van der Waals surface area contributed by atoms with Gasteiger partial charge < -0.3 is 4.52 Å². The number of rotatable bonds is 5. The molecular formula is C22H19N7O2S. The van der Waals surface area contributed by atoms with Gasteiger partial charge >= 0.3 is 0 Å². The molecule has 2 aromatic carbocycles. The molecule has 5 aromatic rings. The molecule has 0 aliphatic rings. The summed E-state index contributed by atoms with van der Waals surface area (Å²) in [6.45, 7) is 5.94. The van der Waals surface area contributed by atoms with Crippen LogP contribution in [0.2, 0.25) is 0 Å². The zero-order chi connectivity index (χ0) is 22.2. The van der Waals surface area contributed by atoms with Crippen LogP contribution in [0.4, 0.5) is 0 Å². The summed E-state index contributed by atoms with van der Waals surface area (Å²) in [5.41, 5.74) is 3.43. The van der Waals surface area contributed by atoms with Crippen molar-refractivity contribution in [2.24, 2.45) is 0 Å². The first-order valence-electron chi connectivity index (χ1n) is 9.96. The quantitative estimate of drug-likeness (QED) is 0.318. The SMILES string of the molecule is Cc1ccc(-n2c(S[C@H](C)c3nc(-c4ncn[nH]4)no3)nc3ccccc3c2=O)c(C)c1. The minimum absolute atomic E-state index is 0.120. The molecule has 1 atom stereocenters. The van der Waals surface area contributed by atoms with Gasteiger partial charge in [-0.1, -0.05) is 46.7 Å². The van der Waals surface area contributed by atoms with Gasteiger partial charge in [-0.25, -0.2) is 9.97 Å². The summed E-state index contributed by atoms with van der Waals surface area (Å²) in [7, 11) is 0. The van der Waals surface area contributed by atoms with E-state index in [0.717, 1.165) is 16.8 Å². The molecule has 0 saturated heterocycles. The van der Waals surface area contributed by atoms with Crippen LogP contribution in [0.5, 0.6) is 0 Å². The fourth-order valence-corrected chi connectivity index (χ4v) is 4.43. The maximum atomic E-state index is 13.5. The lowest BCUT2D eigenvalue weighted by molar-refractivity contribution is 0.380. The number of hydrogen-bond donors (Lipinski definition) is 1. The Hall–Kier alpha value is -3.79. The Kier molecular flexibility index (Phi) is 5.06. The average molecular weight is 446 g/mol. The molecule has 32 heavy (non-hydrogen) atoms. The lowest BCUT2D eigenvalue weighted by Crippen LogP contribution is -2.22. The van der Waals surface area contributed by atoms with Gasteiger partial charge in [-0.2, -0.15) is 10.1 Å². The van der Waals surface area contributed by atoms with Crippen LogP contribution in [0, 0.1) is 13.8 Å². The van der Waals surface area contributed by atoms with Gasteiger partial charge in [0.25, 0.3) is 5.56 Å². The second-order valence-electron chi connectivity index (χ2n) is 7.39. The number of H-pyrrole nitrogens is 1. The van der Waals surface area contributed by atoms with Crippen molar-refractivity contribution in [2.45, 2.75) is 31.2 Å². The first-order chi connectivity index (χ1) is 15.5. The molecule has 0 fully saturated rings.